The van der Waals surface area contributed by atoms with Gasteiger partial charge in [0.25, 0.3) is 0 Å². The SMILES string of the molecule is O=S(=O)(c1ccc(Cl)c2ncccc12)N1CCCC1. The lowest BCUT2D eigenvalue weighted by Crippen LogP contribution is -2.28. The van der Waals surface area contributed by atoms with Gasteiger partial charge in [-0.1, -0.05) is 11.6 Å². The molecule has 0 radical (unpaired) electrons. The second-order valence-corrected chi connectivity index (χ2v) is 6.87. The molecule has 0 amide bonds. The number of sulfonamides is 1. The third-order valence-electron chi connectivity index (χ3n) is 3.36. The molecule has 6 heteroatoms. The van der Waals surface area contributed by atoms with Crippen molar-refractivity contribution in [2.45, 2.75) is 17.7 Å². The van der Waals surface area contributed by atoms with Crippen molar-refractivity contribution in [1.29, 1.82) is 0 Å². The summed E-state index contributed by atoms with van der Waals surface area (Å²) in [5.74, 6) is 0. The highest BCUT2D eigenvalue weighted by atomic mass is 35.5. The smallest absolute Gasteiger partial charge is 0.243 e. The summed E-state index contributed by atoms with van der Waals surface area (Å²) in [6.45, 7) is 1.18. The number of aromatic nitrogens is 1. The highest BCUT2D eigenvalue weighted by molar-refractivity contribution is 7.89. The minimum atomic E-state index is -3.45. The van der Waals surface area contributed by atoms with Crippen LogP contribution in [0.15, 0.2) is 35.4 Å². The number of rotatable bonds is 2. The molecule has 19 heavy (non-hydrogen) atoms. The van der Waals surface area contributed by atoms with E-state index >= 15 is 0 Å². The molecule has 4 nitrogen and oxygen atoms in total. The van der Waals surface area contributed by atoms with E-state index in [4.69, 9.17) is 11.6 Å². The molecule has 2 aromatic rings. The number of nitrogens with zero attached hydrogens (tertiary/aromatic N) is 2. The van der Waals surface area contributed by atoms with Gasteiger partial charge in [-0.2, -0.15) is 4.31 Å². The van der Waals surface area contributed by atoms with Crippen molar-refractivity contribution in [3.05, 3.63) is 35.5 Å². The fourth-order valence-electron chi connectivity index (χ4n) is 2.40. The number of hydrogen-bond acceptors (Lipinski definition) is 3. The first-order chi connectivity index (χ1) is 9.10. The highest BCUT2D eigenvalue weighted by Gasteiger charge is 2.28. The number of pyridine rings is 1. The van der Waals surface area contributed by atoms with Crippen LogP contribution in [0.25, 0.3) is 10.9 Å². The first kappa shape index (κ1) is 12.8. The van der Waals surface area contributed by atoms with Gasteiger partial charge in [-0.05, 0) is 37.1 Å². The molecule has 1 saturated heterocycles. The van der Waals surface area contributed by atoms with Crippen molar-refractivity contribution in [1.82, 2.24) is 9.29 Å². The van der Waals surface area contributed by atoms with Crippen molar-refractivity contribution in [2.24, 2.45) is 0 Å². The second kappa shape index (κ2) is 4.74. The molecule has 0 spiro atoms. The van der Waals surface area contributed by atoms with Crippen LogP contribution >= 0.6 is 11.6 Å². The first-order valence-electron chi connectivity index (χ1n) is 6.14. The number of benzene rings is 1. The maximum atomic E-state index is 12.6. The van der Waals surface area contributed by atoms with E-state index in [9.17, 15) is 8.42 Å². The standard InChI is InChI=1S/C13H13ClN2O2S/c14-11-5-6-12(10-4-3-7-15-13(10)11)19(17,18)16-8-1-2-9-16/h3-7H,1-2,8-9H2. The molecule has 0 unspecified atom stereocenters. The Morgan fingerprint density at radius 2 is 1.89 bits per heavy atom. The van der Waals surface area contributed by atoms with E-state index in [2.05, 4.69) is 4.98 Å². The van der Waals surface area contributed by atoms with Crippen LogP contribution in [0.3, 0.4) is 0 Å². The quantitative estimate of drug-likeness (QED) is 0.856. The van der Waals surface area contributed by atoms with Crippen molar-refractivity contribution in [3.63, 3.8) is 0 Å². The molecule has 3 rings (SSSR count). The fourth-order valence-corrected chi connectivity index (χ4v) is 4.32. The molecule has 0 atom stereocenters. The van der Waals surface area contributed by atoms with Crippen molar-refractivity contribution >= 4 is 32.5 Å². The Morgan fingerprint density at radius 1 is 1.16 bits per heavy atom. The van der Waals surface area contributed by atoms with Gasteiger partial charge >= 0.3 is 0 Å². The van der Waals surface area contributed by atoms with Crippen LogP contribution in [-0.2, 0) is 10.0 Å². The summed E-state index contributed by atoms with van der Waals surface area (Å²) < 4.78 is 26.8. The first-order valence-corrected chi connectivity index (χ1v) is 7.96. The summed E-state index contributed by atoms with van der Waals surface area (Å²) in [7, 11) is -3.45. The highest BCUT2D eigenvalue weighted by Crippen LogP contribution is 2.30. The van der Waals surface area contributed by atoms with E-state index in [0.29, 0.717) is 33.9 Å². The van der Waals surface area contributed by atoms with Crippen LogP contribution in [-0.4, -0.2) is 30.8 Å². The van der Waals surface area contributed by atoms with E-state index in [0.717, 1.165) is 12.8 Å². The third-order valence-corrected chi connectivity index (χ3v) is 5.63. The van der Waals surface area contributed by atoms with Crippen LogP contribution in [0, 0.1) is 0 Å². The zero-order valence-corrected chi connectivity index (χ0v) is 11.8. The molecule has 1 aliphatic heterocycles. The summed E-state index contributed by atoms with van der Waals surface area (Å²) in [5.41, 5.74) is 0.532. The lowest BCUT2D eigenvalue weighted by molar-refractivity contribution is 0.478. The third kappa shape index (κ3) is 2.12. The minimum absolute atomic E-state index is 0.293. The Hall–Kier alpha value is -1.17. The average molecular weight is 297 g/mol. The topological polar surface area (TPSA) is 50.3 Å². The molecular weight excluding hydrogens is 284 g/mol. The van der Waals surface area contributed by atoms with E-state index in [1.54, 1.807) is 30.5 Å². The Kier molecular flexibility index (Phi) is 3.20. The number of hydrogen-bond donors (Lipinski definition) is 0. The Bertz CT molecular complexity index is 725. The summed E-state index contributed by atoms with van der Waals surface area (Å²) in [6.07, 6.45) is 3.45. The van der Waals surface area contributed by atoms with Crippen LogP contribution in [0.4, 0.5) is 0 Å². The van der Waals surface area contributed by atoms with Crippen LogP contribution < -0.4 is 0 Å². The van der Waals surface area contributed by atoms with Gasteiger partial charge in [-0.3, -0.25) is 4.98 Å². The van der Waals surface area contributed by atoms with Crippen LogP contribution in [0.2, 0.25) is 5.02 Å². The molecule has 1 aromatic carbocycles. The van der Waals surface area contributed by atoms with Crippen LogP contribution in [0.5, 0.6) is 0 Å². The van der Waals surface area contributed by atoms with Crippen molar-refractivity contribution in [2.75, 3.05) is 13.1 Å². The van der Waals surface area contributed by atoms with Gasteiger partial charge in [0, 0.05) is 24.7 Å². The Balaban J connectivity index is 2.23. The van der Waals surface area contributed by atoms with Crippen LogP contribution in [0.1, 0.15) is 12.8 Å². The molecule has 1 aromatic heterocycles. The lowest BCUT2D eigenvalue weighted by Gasteiger charge is -2.17. The van der Waals surface area contributed by atoms with Crippen molar-refractivity contribution in [3.8, 4) is 0 Å². The molecule has 2 heterocycles. The zero-order valence-electron chi connectivity index (χ0n) is 10.2. The summed E-state index contributed by atoms with van der Waals surface area (Å²) in [4.78, 5) is 4.46. The lowest BCUT2D eigenvalue weighted by atomic mass is 10.2. The molecular formula is C13H13ClN2O2S. The molecule has 0 saturated carbocycles. The Morgan fingerprint density at radius 3 is 2.63 bits per heavy atom. The van der Waals surface area contributed by atoms with Gasteiger partial charge in [0.05, 0.1) is 15.4 Å². The molecule has 1 aliphatic rings. The molecule has 1 fully saturated rings. The molecule has 0 N–H and O–H groups in total. The Labute approximate surface area is 117 Å². The average Bonchev–Trinajstić information content (AvgIpc) is 2.94. The van der Waals surface area contributed by atoms with Gasteiger partial charge in [0.1, 0.15) is 0 Å². The monoisotopic (exact) mass is 296 g/mol. The van der Waals surface area contributed by atoms with Gasteiger partial charge in [-0.25, -0.2) is 8.42 Å². The molecule has 0 aliphatic carbocycles. The molecule has 0 bridgehead atoms. The zero-order chi connectivity index (χ0) is 13.5. The fraction of sp³-hybridized carbons (Fsp3) is 0.308. The predicted molar refractivity (Wildman–Crippen MR) is 74.7 cm³/mol. The van der Waals surface area contributed by atoms with E-state index < -0.39 is 10.0 Å². The maximum absolute atomic E-state index is 12.6. The van der Waals surface area contributed by atoms with E-state index in [1.165, 1.54) is 4.31 Å². The molecule has 100 valence electrons. The van der Waals surface area contributed by atoms with Crippen molar-refractivity contribution < 1.29 is 8.42 Å². The normalized spacial score (nSPS) is 17.1. The second-order valence-electron chi connectivity index (χ2n) is 4.56. The van der Waals surface area contributed by atoms with Gasteiger partial charge < -0.3 is 0 Å². The van der Waals surface area contributed by atoms with E-state index in [-0.39, 0.29) is 0 Å². The van der Waals surface area contributed by atoms with Gasteiger partial charge in [0.2, 0.25) is 10.0 Å². The minimum Gasteiger partial charge on any atom is -0.255 e. The van der Waals surface area contributed by atoms with E-state index in [1.807, 2.05) is 0 Å². The maximum Gasteiger partial charge on any atom is 0.243 e. The number of halogens is 1. The summed E-state index contributed by atoms with van der Waals surface area (Å²) in [6, 6.07) is 6.64. The predicted octanol–water partition coefficient (Wildman–Crippen LogP) is 2.67. The van der Waals surface area contributed by atoms with Gasteiger partial charge in [-0.15, -0.1) is 0 Å². The largest absolute Gasteiger partial charge is 0.255 e. The summed E-state index contributed by atoms with van der Waals surface area (Å²) in [5, 5.41) is 1.05. The van der Waals surface area contributed by atoms with Gasteiger partial charge in [0.15, 0.2) is 0 Å². The number of fused-ring (bicyclic) bond motifs is 1. The summed E-state index contributed by atoms with van der Waals surface area (Å²) >= 11 is 6.07.